The van der Waals surface area contributed by atoms with Gasteiger partial charge in [0.05, 0.1) is 12.7 Å². The number of carboxylic acid groups (broad SMARTS) is 1. The number of methoxy groups -OCH3 is 1. The van der Waals surface area contributed by atoms with Crippen molar-refractivity contribution in [3.8, 4) is 11.5 Å². The fourth-order valence-corrected chi connectivity index (χ4v) is 2.49. The van der Waals surface area contributed by atoms with Crippen molar-refractivity contribution in [1.82, 2.24) is 4.90 Å². The highest BCUT2D eigenvalue weighted by atomic mass is 19.3. The number of aromatic carboxylic acids is 1. The van der Waals surface area contributed by atoms with E-state index >= 15 is 0 Å². The molecule has 25 heavy (non-hydrogen) atoms. The maximum atomic E-state index is 12.5. The van der Waals surface area contributed by atoms with Gasteiger partial charge in [0, 0.05) is 13.1 Å². The van der Waals surface area contributed by atoms with E-state index in [9.17, 15) is 13.6 Å². The molecule has 0 amide bonds. The molecule has 0 saturated carbocycles. The third kappa shape index (κ3) is 5.42. The summed E-state index contributed by atoms with van der Waals surface area (Å²) >= 11 is 0. The van der Waals surface area contributed by atoms with E-state index in [1.165, 1.54) is 19.2 Å². The maximum absolute atomic E-state index is 12.5. The van der Waals surface area contributed by atoms with Crippen LogP contribution in [-0.4, -0.2) is 36.7 Å². The lowest BCUT2D eigenvalue weighted by Gasteiger charge is -2.18. The molecule has 0 aliphatic heterocycles. The molecule has 1 N–H and O–H groups in total. The highest BCUT2D eigenvalue weighted by molar-refractivity contribution is 5.87. The number of rotatable bonds is 8. The van der Waals surface area contributed by atoms with E-state index in [2.05, 4.69) is 4.74 Å². The van der Waals surface area contributed by atoms with Crippen LogP contribution in [0.1, 0.15) is 21.5 Å². The topological polar surface area (TPSA) is 59.0 Å². The first-order valence-electron chi connectivity index (χ1n) is 7.51. The van der Waals surface area contributed by atoms with Crippen molar-refractivity contribution in [1.29, 1.82) is 0 Å². The molecule has 7 heteroatoms. The normalized spacial score (nSPS) is 11.0. The lowest BCUT2D eigenvalue weighted by Crippen LogP contribution is -2.17. The SMILES string of the molecule is COc1ccc(CN(C)Cc2cccc(C(=O)O)c2)cc1OC(F)F. The number of nitrogens with zero attached hydrogens (tertiary/aromatic N) is 1. The Balaban J connectivity index is 2.08. The fraction of sp³-hybridized carbons (Fsp3) is 0.278. The number of benzene rings is 2. The van der Waals surface area contributed by atoms with Crippen molar-refractivity contribution in [3.05, 3.63) is 59.2 Å². The van der Waals surface area contributed by atoms with Gasteiger partial charge >= 0.3 is 12.6 Å². The second-order valence-electron chi connectivity index (χ2n) is 5.54. The van der Waals surface area contributed by atoms with Gasteiger partial charge in [0.25, 0.3) is 0 Å². The number of alkyl halides is 2. The Morgan fingerprint density at radius 1 is 1.12 bits per heavy atom. The summed E-state index contributed by atoms with van der Waals surface area (Å²) in [6.07, 6.45) is 0. The van der Waals surface area contributed by atoms with Gasteiger partial charge in [-0.05, 0) is 42.4 Å². The third-order valence-corrected chi connectivity index (χ3v) is 3.52. The number of hydrogen-bond donors (Lipinski definition) is 1. The van der Waals surface area contributed by atoms with Crippen molar-refractivity contribution >= 4 is 5.97 Å². The van der Waals surface area contributed by atoms with Crippen molar-refractivity contribution in [2.45, 2.75) is 19.7 Å². The summed E-state index contributed by atoms with van der Waals surface area (Å²) in [5, 5.41) is 9.03. The molecule has 134 valence electrons. The summed E-state index contributed by atoms with van der Waals surface area (Å²) in [4.78, 5) is 13.0. The monoisotopic (exact) mass is 351 g/mol. The van der Waals surface area contributed by atoms with Crippen LogP contribution in [0, 0.1) is 0 Å². The molecule has 0 radical (unpaired) electrons. The number of carbonyl (C=O) groups is 1. The van der Waals surface area contributed by atoms with Gasteiger partial charge in [-0.1, -0.05) is 18.2 Å². The van der Waals surface area contributed by atoms with E-state index in [-0.39, 0.29) is 17.1 Å². The molecule has 0 bridgehead atoms. The second kappa shape index (κ2) is 8.43. The summed E-state index contributed by atoms with van der Waals surface area (Å²) in [6, 6.07) is 11.5. The highest BCUT2D eigenvalue weighted by Crippen LogP contribution is 2.30. The average Bonchev–Trinajstić information content (AvgIpc) is 2.54. The lowest BCUT2D eigenvalue weighted by molar-refractivity contribution is -0.0512. The van der Waals surface area contributed by atoms with Gasteiger partial charge < -0.3 is 14.6 Å². The fourth-order valence-electron chi connectivity index (χ4n) is 2.49. The molecule has 2 aromatic rings. The molecule has 0 saturated heterocycles. The molecule has 5 nitrogen and oxygen atoms in total. The molecule has 0 aliphatic carbocycles. The van der Waals surface area contributed by atoms with Crippen LogP contribution in [0.5, 0.6) is 11.5 Å². The Morgan fingerprint density at radius 2 is 1.80 bits per heavy atom. The molecule has 0 spiro atoms. The molecule has 2 aromatic carbocycles. The van der Waals surface area contributed by atoms with E-state index < -0.39 is 12.6 Å². The first-order valence-corrected chi connectivity index (χ1v) is 7.51. The van der Waals surface area contributed by atoms with Gasteiger partial charge in [-0.2, -0.15) is 8.78 Å². The molecule has 0 heterocycles. The molecule has 0 fully saturated rings. The second-order valence-corrected chi connectivity index (χ2v) is 5.54. The van der Waals surface area contributed by atoms with Crippen LogP contribution in [-0.2, 0) is 13.1 Å². The Morgan fingerprint density at radius 3 is 2.40 bits per heavy atom. The van der Waals surface area contributed by atoms with Gasteiger partial charge in [-0.15, -0.1) is 0 Å². The molecular weight excluding hydrogens is 332 g/mol. The first kappa shape index (κ1) is 18.7. The minimum atomic E-state index is -2.93. The lowest BCUT2D eigenvalue weighted by atomic mass is 10.1. The highest BCUT2D eigenvalue weighted by Gasteiger charge is 2.12. The number of hydrogen-bond acceptors (Lipinski definition) is 4. The summed E-state index contributed by atoms with van der Waals surface area (Å²) in [6.45, 7) is -1.94. The van der Waals surface area contributed by atoms with Gasteiger partial charge in [-0.3, -0.25) is 4.90 Å². The van der Waals surface area contributed by atoms with Crippen LogP contribution < -0.4 is 9.47 Å². The van der Waals surface area contributed by atoms with E-state index in [4.69, 9.17) is 9.84 Å². The van der Waals surface area contributed by atoms with E-state index in [1.807, 2.05) is 18.0 Å². The van der Waals surface area contributed by atoms with Crippen LogP contribution >= 0.6 is 0 Å². The summed E-state index contributed by atoms with van der Waals surface area (Å²) in [7, 11) is 3.24. The molecular formula is C18H19F2NO4. The average molecular weight is 351 g/mol. The molecule has 2 rings (SSSR count). The zero-order valence-corrected chi connectivity index (χ0v) is 13.9. The van der Waals surface area contributed by atoms with Gasteiger partial charge in [-0.25, -0.2) is 4.79 Å². The van der Waals surface area contributed by atoms with E-state index in [0.717, 1.165) is 11.1 Å². The Hall–Kier alpha value is -2.67. The maximum Gasteiger partial charge on any atom is 0.387 e. The standard InChI is InChI=1S/C18H19F2NO4/c1-21(10-12-4-3-5-14(8-12)17(22)23)11-13-6-7-15(24-2)16(9-13)25-18(19)20/h3-9,18H,10-11H2,1-2H3,(H,22,23). The van der Waals surface area contributed by atoms with Crippen LogP contribution in [0.2, 0.25) is 0 Å². The van der Waals surface area contributed by atoms with Crippen molar-refractivity contribution in [3.63, 3.8) is 0 Å². The first-order chi connectivity index (χ1) is 11.9. The number of carboxylic acids is 1. The summed E-state index contributed by atoms with van der Waals surface area (Å²) in [5.74, 6) is -0.759. The Bertz CT molecular complexity index is 737. The van der Waals surface area contributed by atoms with E-state index in [0.29, 0.717) is 13.1 Å². The zero-order valence-electron chi connectivity index (χ0n) is 13.9. The minimum absolute atomic E-state index is 0.0173. The Kier molecular flexibility index (Phi) is 6.30. The number of ether oxygens (including phenoxy) is 2. The minimum Gasteiger partial charge on any atom is -0.493 e. The predicted octanol–water partition coefficient (Wildman–Crippen LogP) is 3.63. The molecule has 0 aromatic heterocycles. The van der Waals surface area contributed by atoms with Crippen LogP contribution in [0.3, 0.4) is 0 Å². The van der Waals surface area contributed by atoms with Crippen molar-refractivity contribution in [2.24, 2.45) is 0 Å². The van der Waals surface area contributed by atoms with Gasteiger partial charge in [0.1, 0.15) is 0 Å². The molecule has 0 atom stereocenters. The smallest absolute Gasteiger partial charge is 0.387 e. The van der Waals surface area contributed by atoms with Crippen LogP contribution in [0.4, 0.5) is 8.78 Å². The van der Waals surface area contributed by atoms with Crippen molar-refractivity contribution in [2.75, 3.05) is 14.2 Å². The van der Waals surface area contributed by atoms with Gasteiger partial charge in [0.2, 0.25) is 0 Å². The van der Waals surface area contributed by atoms with Crippen LogP contribution in [0.25, 0.3) is 0 Å². The molecule has 0 aliphatic rings. The zero-order chi connectivity index (χ0) is 18.4. The van der Waals surface area contributed by atoms with Crippen LogP contribution in [0.15, 0.2) is 42.5 Å². The summed E-state index contributed by atoms with van der Waals surface area (Å²) < 4.78 is 34.5. The predicted molar refractivity (Wildman–Crippen MR) is 88.2 cm³/mol. The van der Waals surface area contributed by atoms with E-state index in [1.54, 1.807) is 24.3 Å². The number of halogens is 2. The van der Waals surface area contributed by atoms with Gasteiger partial charge in [0.15, 0.2) is 11.5 Å². The Labute approximate surface area is 144 Å². The third-order valence-electron chi connectivity index (χ3n) is 3.52. The largest absolute Gasteiger partial charge is 0.493 e. The molecule has 0 unspecified atom stereocenters. The van der Waals surface area contributed by atoms with Crippen molar-refractivity contribution < 1.29 is 28.2 Å². The quantitative estimate of drug-likeness (QED) is 0.787. The summed E-state index contributed by atoms with van der Waals surface area (Å²) in [5.41, 5.74) is 1.84.